The minimum atomic E-state index is 0.381. The molecule has 1 aromatic heterocycles. The predicted octanol–water partition coefficient (Wildman–Crippen LogP) is 1.87. The van der Waals surface area contributed by atoms with Gasteiger partial charge >= 0.3 is 0 Å². The van der Waals surface area contributed by atoms with Crippen molar-refractivity contribution in [3.8, 4) is 0 Å². The first-order chi connectivity index (χ1) is 4.33. The molecule has 0 unspecified atom stereocenters. The molecular formula is C6H7NS. The van der Waals surface area contributed by atoms with Crippen LogP contribution in [0, 0.1) is 0 Å². The van der Waals surface area contributed by atoms with E-state index in [0.29, 0.717) is 5.49 Å². The fraction of sp³-hybridized carbons (Fsp3) is 0.167. The zero-order chi connectivity index (χ0) is 6.69. The predicted molar refractivity (Wildman–Crippen MR) is 36.0 cm³/mol. The summed E-state index contributed by atoms with van der Waals surface area (Å²) in [5.74, 6) is 0. The largest absolute Gasteiger partial charge is 0.249 e. The van der Waals surface area contributed by atoms with Gasteiger partial charge in [0, 0.05) is 11.8 Å². The topological polar surface area (TPSA) is 12.9 Å². The van der Waals surface area contributed by atoms with E-state index >= 15 is 0 Å². The Morgan fingerprint density at radius 2 is 3.00 bits per heavy atom. The molecule has 0 aromatic carbocycles. The van der Waals surface area contributed by atoms with Crippen molar-refractivity contribution in [3.63, 3.8) is 0 Å². The minimum Gasteiger partial charge on any atom is -0.249 e. The third-order valence-corrected chi connectivity index (χ3v) is 1.38. The standard InChI is InChI=1S/C6H7NS/c1-2-3-6-4-8-5-7-6/h2,4-5H,1,3H2/i5D. The smallest absolute Gasteiger partial charge is 0.0960 e. The molecule has 0 radical (unpaired) electrons. The van der Waals surface area contributed by atoms with E-state index in [1.807, 2.05) is 5.38 Å². The van der Waals surface area contributed by atoms with Gasteiger partial charge < -0.3 is 0 Å². The lowest BCUT2D eigenvalue weighted by molar-refractivity contribution is 1.16. The highest BCUT2D eigenvalue weighted by Gasteiger charge is 1.86. The number of allylic oxidation sites excluding steroid dienone is 1. The van der Waals surface area contributed by atoms with Crippen LogP contribution in [0.4, 0.5) is 0 Å². The van der Waals surface area contributed by atoms with Crippen LogP contribution in [0.3, 0.4) is 0 Å². The average Bonchev–Trinajstić information content (AvgIpc) is 2.17. The molecule has 0 fully saturated rings. The first kappa shape index (κ1) is 4.27. The Morgan fingerprint density at radius 3 is 3.50 bits per heavy atom. The molecule has 0 N–H and O–H groups in total. The van der Waals surface area contributed by atoms with Crippen LogP contribution in [0.5, 0.6) is 0 Å². The number of rotatable bonds is 2. The van der Waals surface area contributed by atoms with Gasteiger partial charge in [0.1, 0.15) is 0 Å². The number of thiazole rings is 1. The average molecular weight is 126 g/mol. The zero-order valence-electron chi connectivity index (χ0n) is 5.42. The second-order valence-corrected chi connectivity index (χ2v) is 2.08. The van der Waals surface area contributed by atoms with Crippen molar-refractivity contribution in [2.75, 3.05) is 0 Å². The van der Waals surface area contributed by atoms with Crippen LogP contribution in [-0.4, -0.2) is 4.98 Å². The second kappa shape index (κ2) is 2.62. The molecule has 0 atom stereocenters. The van der Waals surface area contributed by atoms with Gasteiger partial charge in [-0.3, -0.25) is 0 Å². The van der Waals surface area contributed by atoms with E-state index in [1.165, 1.54) is 11.3 Å². The molecule has 1 heterocycles. The van der Waals surface area contributed by atoms with Crippen molar-refractivity contribution < 1.29 is 1.37 Å². The Kier molecular flexibility index (Phi) is 1.40. The summed E-state index contributed by atoms with van der Waals surface area (Å²) in [5.41, 5.74) is 1.33. The van der Waals surface area contributed by atoms with E-state index in [1.54, 1.807) is 6.08 Å². The van der Waals surface area contributed by atoms with Crippen LogP contribution in [-0.2, 0) is 6.42 Å². The maximum atomic E-state index is 7.07. The fourth-order valence-electron chi connectivity index (χ4n) is 0.447. The molecule has 0 aliphatic heterocycles. The summed E-state index contributed by atoms with van der Waals surface area (Å²) < 4.78 is 7.07. The Morgan fingerprint density at radius 1 is 2.12 bits per heavy atom. The van der Waals surface area contributed by atoms with Crippen molar-refractivity contribution in [1.82, 2.24) is 4.98 Å². The molecule has 42 valence electrons. The molecule has 2 heteroatoms. The summed E-state index contributed by atoms with van der Waals surface area (Å²) in [6.07, 6.45) is 2.56. The summed E-state index contributed by atoms with van der Waals surface area (Å²) in [7, 11) is 0. The Labute approximate surface area is 54.1 Å². The maximum Gasteiger partial charge on any atom is 0.0960 e. The van der Waals surface area contributed by atoms with E-state index in [9.17, 15) is 0 Å². The fourth-order valence-corrected chi connectivity index (χ4v) is 0.955. The van der Waals surface area contributed by atoms with Gasteiger partial charge in [-0.15, -0.1) is 17.9 Å². The Balaban J connectivity index is 2.72. The maximum absolute atomic E-state index is 7.07. The summed E-state index contributed by atoms with van der Waals surface area (Å²) in [6.45, 7) is 3.57. The van der Waals surface area contributed by atoms with Gasteiger partial charge in [0.2, 0.25) is 0 Å². The van der Waals surface area contributed by atoms with Crippen molar-refractivity contribution >= 4 is 11.3 Å². The van der Waals surface area contributed by atoms with Crippen LogP contribution in [0.1, 0.15) is 7.06 Å². The molecule has 0 spiro atoms. The van der Waals surface area contributed by atoms with Crippen molar-refractivity contribution in [2.24, 2.45) is 0 Å². The number of hydrogen-bond acceptors (Lipinski definition) is 2. The second-order valence-electron chi connectivity index (χ2n) is 1.42. The van der Waals surface area contributed by atoms with Crippen molar-refractivity contribution in [1.29, 1.82) is 0 Å². The van der Waals surface area contributed by atoms with Gasteiger partial charge in [-0.25, -0.2) is 4.98 Å². The first-order valence-corrected chi connectivity index (χ1v) is 3.23. The minimum absolute atomic E-state index is 0.381. The van der Waals surface area contributed by atoms with Gasteiger partial charge in [-0.05, 0) is 0 Å². The lowest BCUT2D eigenvalue weighted by Crippen LogP contribution is -1.75. The molecule has 0 saturated heterocycles. The molecule has 0 amide bonds. The lowest BCUT2D eigenvalue weighted by atomic mass is 10.3. The zero-order valence-corrected chi connectivity index (χ0v) is 5.24. The molecular weight excluding hydrogens is 118 g/mol. The summed E-state index contributed by atoms with van der Waals surface area (Å²) in [4.78, 5) is 3.91. The molecule has 0 aliphatic carbocycles. The number of hydrogen-bond donors (Lipinski definition) is 0. The van der Waals surface area contributed by atoms with Gasteiger partial charge in [0.25, 0.3) is 0 Å². The van der Waals surface area contributed by atoms with E-state index < -0.39 is 0 Å². The SMILES string of the molecule is [2H]c1nc(CC=C)cs1. The summed E-state index contributed by atoms with van der Waals surface area (Å²) in [6, 6.07) is 0. The number of nitrogens with zero attached hydrogens (tertiary/aromatic N) is 1. The van der Waals surface area contributed by atoms with Crippen LogP contribution < -0.4 is 0 Å². The first-order valence-electron chi connectivity index (χ1n) is 2.85. The van der Waals surface area contributed by atoms with E-state index in [-0.39, 0.29) is 0 Å². The third kappa shape index (κ3) is 1.17. The molecule has 0 aliphatic rings. The van der Waals surface area contributed by atoms with E-state index in [2.05, 4.69) is 11.6 Å². The Hall–Kier alpha value is -0.630. The third-order valence-electron chi connectivity index (χ3n) is 0.790. The van der Waals surface area contributed by atoms with Crippen LogP contribution in [0.2, 0.25) is 0 Å². The summed E-state index contributed by atoms with van der Waals surface area (Å²) in [5, 5.41) is 1.88. The van der Waals surface area contributed by atoms with Crippen molar-refractivity contribution in [3.05, 3.63) is 29.2 Å². The van der Waals surface area contributed by atoms with Gasteiger partial charge in [0.05, 0.1) is 12.6 Å². The molecule has 1 rings (SSSR count). The highest BCUT2D eigenvalue weighted by Crippen LogP contribution is 2.00. The highest BCUT2D eigenvalue weighted by molar-refractivity contribution is 7.07. The highest BCUT2D eigenvalue weighted by atomic mass is 32.1. The molecule has 0 saturated carbocycles. The van der Waals surface area contributed by atoms with Crippen molar-refractivity contribution in [2.45, 2.75) is 6.42 Å². The van der Waals surface area contributed by atoms with Gasteiger partial charge in [-0.2, -0.15) is 0 Å². The number of aromatic nitrogens is 1. The van der Waals surface area contributed by atoms with Crippen LogP contribution >= 0.6 is 11.3 Å². The summed E-state index contributed by atoms with van der Waals surface area (Å²) >= 11 is 1.35. The molecule has 1 aromatic rings. The monoisotopic (exact) mass is 126 g/mol. The molecule has 1 nitrogen and oxygen atoms in total. The van der Waals surface area contributed by atoms with Crippen LogP contribution in [0.15, 0.2) is 23.5 Å². The van der Waals surface area contributed by atoms with Crippen LogP contribution in [0.25, 0.3) is 0 Å². The molecule has 0 bridgehead atoms. The van der Waals surface area contributed by atoms with E-state index in [4.69, 9.17) is 1.37 Å². The molecule has 8 heavy (non-hydrogen) atoms. The van der Waals surface area contributed by atoms with Gasteiger partial charge in [-0.1, -0.05) is 6.08 Å². The lowest BCUT2D eigenvalue weighted by Gasteiger charge is -1.80. The normalized spacial score (nSPS) is 10.8. The van der Waals surface area contributed by atoms with E-state index in [0.717, 1.165) is 12.1 Å². The van der Waals surface area contributed by atoms with Gasteiger partial charge in [0.15, 0.2) is 0 Å². The quantitative estimate of drug-likeness (QED) is 0.551. The Bertz CT molecular complexity index is 207.